The van der Waals surface area contributed by atoms with Gasteiger partial charge in [-0.3, -0.25) is 0 Å². The molecule has 1 nitrogen and oxygen atoms in total. The molecule has 0 aromatic heterocycles. The van der Waals surface area contributed by atoms with Crippen molar-refractivity contribution < 1.29 is 5.11 Å². The first kappa shape index (κ1) is 18.8. The standard InChI is InChI=1S/C17H14OS6/c1-4-17(18,11-8-6-5-7-9-11)12-10-21-15(22-12)16-23-13(19-2)14(20-3)24-16/h1,5-10,18H,2-3H3. The molecular weight excluding hydrogens is 413 g/mol. The summed E-state index contributed by atoms with van der Waals surface area (Å²) in [5, 5.41) is 13.0. The van der Waals surface area contributed by atoms with Crippen molar-refractivity contribution in [1.82, 2.24) is 0 Å². The van der Waals surface area contributed by atoms with Crippen LogP contribution in [0.1, 0.15) is 5.56 Å². The van der Waals surface area contributed by atoms with Gasteiger partial charge < -0.3 is 5.11 Å². The smallest absolute Gasteiger partial charge is 0.183 e. The van der Waals surface area contributed by atoms with E-state index in [1.807, 2.05) is 59.3 Å². The van der Waals surface area contributed by atoms with Crippen LogP contribution in [0.15, 0.2) is 57.6 Å². The van der Waals surface area contributed by atoms with E-state index in [1.165, 1.54) is 16.9 Å². The monoisotopic (exact) mass is 426 g/mol. The molecular formula is C17H14OS6. The summed E-state index contributed by atoms with van der Waals surface area (Å²) in [5.74, 6) is 2.59. The van der Waals surface area contributed by atoms with Gasteiger partial charge >= 0.3 is 0 Å². The molecule has 3 rings (SSSR count). The molecule has 1 aromatic rings. The summed E-state index contributed by atoms with van der Waals surface area (Å²) in [6.07, 6.45) is 9.92. The van der Waals surface area contributed by atoms with Crippen LogP contribution >= 0.6 is 70.6 Å². The minimum absolute atomic E-state index is 0.734. The Hall–Kier alpha value is 0.0600. The lowest BCUT2D eigenvalue weighted by Gasteiger charge is -2.23. The van der Waals surface area contributed by atoms with Gasteiger partial charge in [0.25, 0.3) is 0 Å². The quantitative estimate of drug-likeness (QED) is 0.564. The highest BCUT2D eigenvalue weighted by Crippen LogP contribution is 2.63. The molecule has 1 atom stereocenters. The fourth-order valence-corrected chi connectivity index (χ4v) is 9.81. The number of hydrogen-bond donors (Lipinski definition) is 1. The van der Waals surface area contributed by atoms with Crippen molar-refractivity contribution in [2.45, 2.75) is 5.60 Å². The Morgan fingerprint density at radius 1 is 1.00 bits per heavy atom. The van der Waals surface area contributed by atoms with Gasteiger partial charge in [-0.2, -0.15) is 0 Å². The maximum Gasteiger partial charge on any atom is 0.183 e. The Balaban J connectivity index is 1.83. The van der Waals surface area contributed by atoms with Crippen LogP contribution in [-0.2, 0) is 5.60 Å². The lowest BCUT2D eigenvalue weighted by molar-refractivity contribution is 0.150. The Morgan fingerprint density at radius 3 is 2.17 bits per heavy atom. The van der Waals surface area contributed by atoms with Crippen LogP contribution in [0.2, 0.25) is 0 Å². The summed E-state index contributed by atoms with van der Waals surface area (Å²) in [6.45, 7) is 0. The zero-order chi connectivity index (χ0) is 17.2. The molecule has 0 spiro atoms. The van der Waals surface area contributed by atoms with E-state index in [9.17, 15) is 5.11 Å². The second-order valence-electron chi connectivity index (χ2n) is 4.68. The molecule has 2 heterocycles. The predicted molar refractivity (Wildman–Crippen MR) is 119 cm³/mol. The number of thioether (sulfide) groups is 6. The maximum atomic E-state index is 11.1. The molecule has 1 N–H and O–H groups in total. The van der Waals surface area contributed by atoms with Crippen molar-refractivity contribution in [2.24, 2.45) is 0 Å². The van der Waals surface area contributed by atoms with Gasteiger partial charge in [0.05, 0.1) is 16.9 Å². The molecule has 7 heteroatoms. The van der Waals surface area contributed by atoms with Crippen LogP contribution in [0, 0.1) is 12.3 Å². The zero-order valence-corrected chi connectivity index (χ0v) is 17.8. The third-order valence-electron chi connectivity index (χ3n) is 3.31. The SMILES string of the molecule is C#CC(O)(C1=CSC(=C2SC(SC)=C(SC)S2)S1)c1ccccc1. The van der Waals surface area contributed by atoms with E-state index in [-0.39, 0.29) is 0 Å². The molecule has 0 bridgehead atoms. The average Bonchev–Trinajstić information content (AvgIpc) is 3.28. The third kappa shape index (κ3) is 3.61. The van der Waals surface area contributed by atoms with Crippen molar-refractivity contribution >= 4 is 70.6 Å². The van der Waals surface area contributed by atoms with Crippen molar-refractivity contribution in [2.75, 3.05) is 12.5 Å². The largest absolute Gasteiger partial charge is 0.369 e. The predicted octanol–water partition coefficient (Wildman–Crippen LogP) is 6.29. The molecule has 0 radical (unpaired) electrons. The van der Waals surface area contributed by atoms with Crippen LogP contribution in [0.25, 0.3) is 0 Å². The average molecular weight is 427 g/mol. The highest BCUT2D eigenvalue weighted by Gasteiger charge is 2.37. The van der Waals surface area contributed by atoms with Gasteiger partial charge in [-0.15, -0.1) is 29.9 Å². The van der Waals surface area contributed by atoms with Gasteiger partial charge in [-0.1, -0.05) is 83.3 Å². The summed E-state index contributed by atoms with van der Waals surface area (Å²) in [4.78, 5) is 0.799. The molecule has 2 aliphatic heterocycles. The number of benzene rings is 1. The Labute approximate surface area is 168 Å². The molecule has 0 saturated carbocycles. The van der Waals surface area contributed by atoms with Gasteiger partial charge in [0.1, 0.15) is 0 Å². The van der Waals surface area contributed by atoms with Crippen LogP contribution in [0.5, 0.6) is 0 Å². The number of terminal acetylenes is 1. The van der Waals surface area contributed by atoms with Crippen molar-refractivity contribution in [3.05, 3.63) is 63.2 Å². The number of aliphatic hydroxyl groups is 1. The lowest BCUT2D eigenvalue weighted by Crippen LogP contribution is -2.24. The first-order valence-electron chi connectivity index (χ1n) is 6.85. The van der Waals surface area contributed by atoms with Gasteiger partial charge in [0.15, 0.2) is 5.60 Å². The Kier molecular flexibility index (Phi) is 6.41. The van der Waals surface area contributed by atoms with Gasteiger partial charge in [0, 0.05) is 10.5 Å². The second-order valence-corrected chi connectivity index (χ2v) is 11.3. The van der Waals surface area contributed by atoms with Crippen LogP contribution in [0.4, 0.5) is 0 Å². The molecule has 0 saturated heterocycles. The zero-order valence-electron chi connectivity index (χ0n) is 12.9. The highest BCUT2D eigenvalue weighted by molar-refractivity contribution is 8.42. The minimum Gasteiger partial charge on any atom is -0.369 e. The van der Waals surface area contributed by atoms with Crippen LogP contribution < -0.4 is 0 Å². The van der Waals surface area contributed by atoms with E-state index in [0.717, 1.165) is 10.5 Å². The first-order valence-corrected chi connectivity index (χ1v) is 12.6. The second kappa shape index (κ2) is 8.17. The Morgan fingerprint density at radius 2 is 1.62 bits per heavy atom. The van der Waals surface area contributed by atoms with Crippen molar-refractivity contribution in [3.63, 3.8) is 0 Å². The van der Waals surface area contributed by atoms with E-state index in [1.54, 1.807) is 47.0 Å². The third-order valence-corrected chi connectivity index (χ3v) is 11.5. The summed E-state index contributed by atoms with van der Waals surface area (Å²) in [6, 6.07) is 9.45. The minimum atomic E-state index is -1.37. The molecule has 2 aliphatic rings. The fourth-order valence-electron chi connectivity index (χ4n) is 2.09. The van der Waals surface area contributed by atoms with E-state index in [0.29, 0.717) is 0 Å². The highest BCUT2D eigenvalue weighted by atomic mass is 32.3. The molecule has 0 aliphatic carbocycles. The summed E-state index contributed by atoms with van der Waals surface area (Å²) >= 11 is 10.4. The first-order chi connectivity index (χ1) is 11.6. The van der Waals surface area contributed by atoms with E-state index >= 15 is 0 Å². The lowest BCUT2D eigenvalue weighted by atomic mass is 9.95. The van der Waals surface area contributed by atoms with E-state index < -0.39 is 5.60 Å². The van der Waals surface area contributed by atoms with Crippen LogP contribution in [0.3, 0.4) is 0 Å². The summed E-state index contributed by atoms with van der Waals surface area (Å²) in [7, 11) is 0. The number of hydrogen-bond acceptors (Lipinski definition) is 7. The topological polar surface area (TPSA) is 20.2 Å². The van der Waals surface area contributed by atoms with Crippen molar-refractivity contribution in [3.8, 4) is 12.3 Å². The normalized spacial score (nSPS) is 20.2. The van der Waals surface area contributed by atoms with Gasteiger partial charge in [0.2, 0.25) is 0 Å². The molecule has 124 valence electrons. The fraction of sp³-hybridized carbons (Fsp3) is 0.176. The van der Waals surface area contributed by atoms with Gasteiger partial charge in [-0.05, 0) is 17.9 Å². The Bertz CT molecular complexity index is 756. The van der Waals surface area contributed by atoms with E-state index in [2.05, 4.69) is 18.4 Å². The summed E-state index contributed by atoms with van der Waals surface area (Å²) < 4.78 is 5.16. The summed E-state index contributed by atoms with van der Waals surface area (Å²) in [5.41, 5.74) is -0.634. The maximum absolute atomic E-state index is 11.1. The molecule has 0 amide bonds. The van der Waals surface area contributed by atoms with E-state index in [4.69, 9.17) is 6.42 Å². The number of rotatable bonds is 4. The molecule has 1 aromatic carbocycles. The van der Waals surface area contributed by atoms with Crippen LogP contribution in [-0.4, -0.2) is 17.6 Å². The molecule has 0 fully saturated rings. The molecule has 24 heavy (non-hydrogen) atoms. The molecule has 1 unspecified atom stereocenters. The van der Waals surface area contributed by atoms with Gasteiger partial charge in [-0.25, -0.2) is 0 Å². The van der Waals surface area contributed by atoms with Crippen molar-refractivity contribution in [1.29, 1.82) is 0 Å².